The molecule has 168 valence electrons. The van der Waals surface area contributed by atoms with Crippen molar-refractivity contribution in [2.75, 3.05) is 43.9 Å². The number of piperazine rings is 1. The molecule has 0 bridgehead atoms. The maximum atomic E-state index is 12.6. The molecule has 1 fully saturated rings. The summed E-state index contributed by atoms with van der Waals surface area (Å²) in [5, 5.41) is 8.37. The van der Waals surface area contributed by atoms with Gasteiger partial charge in [-0.15, -0.1) is 10.2 Å². The summed E-state index contributed by atoms with van der Waals surface area (Å²) in [6.45, 7) is 5.18. The molecule has 2 heterocycles. The highest BCUT2D eigenvalue weighted by molar-refractivity contribution is 7.99. The van der Waals surface area contributed by atoms with Crippen LogP contribution in [-0.2, 0) is 11.4 Å². The first-order chi connectivity index (χ1) is 15.6. The van der Waals surface area contributed by atoms with Crippen LogP contribution < -0.4 is 14.4 Å². The summed E-state index contributed by atoms with van der Waals surface area (Å²) in [6.07, 6.45) is 0. The molecule has 1 aliphatic rings. The molecule has 1 saturated heterocycles. The Balaban J connectivity index is 1.20. The fourth-order valence-corrected chi connectivity index (χ4v) is 4.04. The Morgan fingerprint density at radius 1 is 1.00 bits per heavy atom. The minimum atomic E-state index is 0.0695. The van der Waals surface area contributed by atoms with Gasteiger partial charge in [-0.2, -0.15) is 0 Å². The number of carbonyl (C=O) groups excluding carboxylic acids is 1. The Bertz CT molecular complexity index is 1020. The predicted octanol–water partition coefficient (Wildman–Crippen LogP) is 3.41. The lowest BCUT2D eigenvalue weighted by Crippen LogP contribution is -2.49. The zero-order chi connectivity index (χ0) is 22.3. The van der Waals surface area contributed by atoms with E-state index >= 15 is 0 Å². The van der Waals surface area contributed by atoms with Crippen LogP contribution in [0.4, 0.5) is 5.69 Å². The van der Waals surface area contributed by atoms with Gasteiger partial charge in [0.15, 0.2) is 6.61 Å². The summed E-state index contributed by atoms with van der Waals surface area (Å²) >= 11 is 1.25. The fraction of sp³-hybridized carbons (Fsp3) is 0.348. The van der Waals surface area contributed by atoms with Crippen LogP contribution >= 0.6 is 11.8 Å². The van der Waals surface area contributed by atoms with E-state index in [1.165, 1.54) is 17.3 Å². The molecule has 1 amide bonds. The summed E-state index contributed by atoms with van der Waals surface area (Å²) in [7, 11) is 1.66. The largest absolute Gasteiger partial charge is 0.497 e. The molecule has 0 aliphatic carbocycles. The van der Waals surface area contributed by atoms with E-state index in [0.717, 1.165) is 30.3 Å². The molecule has 0 radical (unpaired) electrons. The number of anilines is 1. The number of amides is 1. The highest BCUT2D eigenvalue weighted by Gasteiger charge is 2.22. The second-order valence-corrected chi connectivity index (χ2v) is 8.34. The smallest absolute Gasteiger partial charge is 0.277 e. The SMILES string of the molecule is COc1ccc(N2CCN(C(=O)CSc3nnc(COc4ccc(C)cc4)o3)CC2)cc1. The lowest BCUT2D eigenvalue weighted by atomic mass is 10.2. The van der Waals surface area contributed by atoms with Crippen LogP contribution in [0.3, 0.4) is 0 Å². The summed E-state index contributed by atoms with van der Waals surface area (Å²) in [5.74, 6) is 2.30. The highest BCUT2D eigenvalue weighted by Crippen LogP contribution is 2.22. The molecular weight excluding hydrogens is 428 g/mol. The van der Waals surface area contributed by atoms with E-state index in [0.29, 0.717) is 24.2 Å². The molecule has 32 heavy (non-hydrogen) atoms. The maximum Gasteiger partial charge on any atom is 0.277 e. The topological polar surface area (TPSA) is 80.9 Å². The monoisotopic (exact) mass is 454 g/mol. The van der Waals surface area contributed by atoms with Crippen molar-refractivity contribution < 1.29 is 18.7 Å². The molecule has 1 aliphatic heterocycles. The van der Waals surface area contributed by atoms with Crippen molar-refractivity contribution in [2.24, 2.45) is 0 Å². The number of benzene rings is 2. The maximum absolute atomic E-state index is 12.6. The third-order valence-corrected chi connectivity index (χ3v) is 6.02. The van der Waals surface area contributed by atoms with Gasteiger partial charge in [-0.1, -0.05) is 29.5 Å². The molecule has 3 aromatic rings. The van der Waals surface area contributed by atoms with E-state index in [1.54, 1.807) is 7.11 Å². The first kappa shape index (κ1) is 22.0. The number of hydrogen-bond acceptors (Lipinski definition) is 8. The van der Waals surface area contributed by atoms with Gasteiger partial charge < -0.3 is 23.7 Å². The van der Waals surface area contributed by atoms with Gasteiger partial charge in [0.05, 0.1) is 12.9 Å². The van der Waals surface area contributed by atoms with Crippen LogP contribution in [0.2, 0.25) is 0 Å². The van der Waals surface area contributed by atoms with E-state index in [9.17, 15) is 4.79 Å². The minimum Gasteiger partial charge on any atom is -0.497 e. The molecule has 1 aromatic heterocycles. The molecule has 2 aromatic carbocycles. The van der Waals surface area contributed by atoms with Gasteiger partial charge in [-0.25, -0.2) is 0 Å². The van der Waals surface area contributed by atoms with Gasteiger partial charge in [0, 0.05) is 31.9 Å². The van der Waals surface area contributed by atoms with Crippen molar-refractivity contribution in [3.05, 3.63) is 60.0 Å². The Hall–Kier alpha value is -3.20. The summed E-state index contributed by atoms with van der Waals surface area (Å²) in [6, 6.07) is 15.7. The number of rotatable bonds is 8. The zero-order valence-corrected chi connectivity index (χ0v) is 19.0. The standard InChI is InChI=1S/C23H26N4O4S/c1-17-3-7-20(8-4-17)30-15-21-24-25-23(31-21)32-16-22(28)27-13-11-26(12-14-27)18-5-9-19(29-2)10-6-18/h3-10H,11-16H2,1-2H3. The van der Waals surface area contributed by atoms with E-state index in [2.05, 4.69) is 15.1 Å². The van der Waals surface area contributed by atoms with Crippen molar-refractivity contribution in [3.63, 3.8) is 0 Å². The zero-order valence-electron chi connectivity index (χ0n) is 18.2. The lowest BCUT2D eigenvalue weighted by Gasteiger charge is -2.36. The lowest BCUT2D eigenvalue weighted by molar-refractivity contribution is -0.128. The highest BCUT2D eigenvalue weighted by atomic mass is 32.2. The Labute approximate surface area is 191 Å². The van der Waals surface area contributed by atoms with Crippen LogP contribution in [-0.4, -0.2) is 60.0 Å². The third-order valence-electron chi connectivity index (χ3n) is 5.22. The van der Waals surface area contributed by atoms with Gasteiger partial charge in [0.2, 0.25) is 5.91 Å². The number of thioether (sulfide) groups is 1. The molecular formula is C23H26N4O4S. The third kappa shape index (κ3) is 5.73. The van der Waals surface area contributed by atoms with E-state index in [4.69, 9.17) is 13.9 Å². The van der Waals surface area contributed by atoms with Crippen LogP contribution in [0.5, 0.6) is 11.5 Å². The van der Waals surface area contributed by atoms with E-state index in [-0.39, 0.29) is 18.3 Å². The van der Waals surface area contributed by atoms with Crippen LogP contribution in [0, 0.1) is 6.92 Å². The van der Waals surface area contributed by atoms with Crippen molar-refractivity contribution in [2.45, 2.75) is 18.8 Å². The van der Waals surface area contributed by atoms with Crippen LogP contribution in [0.1, 0.15) is 11.5 Å². The molecule has 8 nitrogen and oxygen atoms in total. The summed E-state index contributed by atoms with van der Waals surface area (Å²) in [5.41, 5.74) is 2.30. The first-order valence-corrected chi connectivity index (χ1v) is 11.4. The van der Waals surface area contributed by atoms with Crippen LogP contribution in [0.25, 0.3) is 0 Å². The van der Waals surface area contributed by atoms with Gasteiger partial charge in [0.1, 0.15) is 11.5 Å². The molecule has 0 atom stereocenters. The normalized spacial score (nSPS) is 13.8. The van der Waals surface area contributed by atoms with Crippen LogP contribution in [0.15, 0.2) is 58.2 Å². The quantitative estimate of drug-likeness (QED) is 0.479. The number of ether oxygens (including phenoxy) is 2. The number of aryl methyl sites for hydroxylation is 1. The Morgan fingerprint density at radius 3 is 2.38 bits per heavy atom. The molecule has 0 saturated carbocycles. The average Bonchev–Trinajstić information content (AvgIpc) is 3.30. The van der Waals surface area contributed by atoms with Gasteiger partial charge in [0.25, 0.3) is 11.1 Å². The molecule has 9 heteroatoms. The van der Waals surface area contributed by atoms with Crippen molar-refractivity contribution >= 4 is 23.4 Å². The van der Waals surface area contributed by atoms with Crippen molar-refractivity contribution in [1.82, 2.24) is 15.1 Å². The summed E-state index contributed by atoms with van der Waals surface area (Å²) in [4.78, 5) is 16.8. The number of carbonyl (C=O) groups is 1. The average molecular weight is 455 g/mol. The van der Waals surface area contributed by atoms with E-state index in [1.807, 2.05) is 60.4 Å². The van der Waals surface area contributed by atoms with E-state index < -0.39 is 0 Å². The fourth-order valence-electron chi connectivity index (χ4n) is 3.36. The Kier molecular flexibility index (Phi) is 7.16. The minimum absolute atomic E-state index is 0.0695. The summed E-state index contributed by atoms with van der Waals surface area (Å²) < 4.78 is 16.4. The predicted molar refractivity (Wildman–Crippen MR) is 122 cm³/mol. The molecule has 0 N–H and O–H groups in total. The number of nitrogens with zero attached hydrogens (tertiary/aromatic N) is 4. The number of hydrogen-bond donors (Lipinski definition) is 0. The molecule has 4 rings (SSSR count). The number of aromatic nitrogens is 2. The van der Waals surface area contributed by atoms with Crippen molar-refractivity contribution in [1.29, 1.82) is 0 Å². The Morgan fingerprint density at radius 2 is 1.69 bits per heavy atom. The second-order valence-electron chi connectivity index (χ2n) is 7.42. The molecule has 0 spiro atoms. The van der Waals surface area contributed by atoms with Gasteiger partial charge in [-0.3, -0.25) is 4.79 Å². The molecule has 0 unspecified atom stereocenters. The first-order valence-electron chi connectivity index (χ1n) is 10.4. The number of methoxy groups -OCH3 is 1. The van der Waals surface area contributed by atoms with Gasteiger partial charge in [-0.05, 0) is 43.3 Å². The van der Waals surface area contributed by atoms with Crippen molar-refractivity contribution in [3.8, 4) is 11.5 Å². The second kappa shape index (κ2) is 10.4. The van der Waals surface area contributed by atoms with Gasteiger partial charge >= 0.3 is 0 Å².